The van der Waals surface area contributed by atoms with Crippen LogP contribution in [0.2, 0.25) is 0 Å². The summed E-state index contributed by atoms with van der Waals surface area (Å²) in [6.45, 7) is 7.34. The number of nitro benzene ring substituents is 2. The van der Waals surface area contributed by atoms with Crippen LogP contribution in [-0.2, 0) is 4.79 Å². The molecule has 1 aromatic rings. The van der Waals surface area contributed by atoms with E-state index in [9.17, 15) is 30.1 Å². The Labute approximate surface area is 158 Å². The summed E-state index contributed by atoms with van der Waals surface area (Å²) < 4.78 is 0. The van der Waals surface area contributed by atoms with Gasteiger partial charge in [0.2, 0.25) is 5.75 Å². The number of non-ortho nitro benzene ring substituents is 1. The van der Waals surface area contributed by atoms with Gasteiger partial charge in [0.25, 0.3) is 11.6 Å². The van der Waals surface area contributed by atoms with Gasteiger partial charge >= 0.3 is 5.69 Å². The Morgan fingerprint density at radius 3 is 2.30 bits per heavy atom. The van der Waals surface area contributed by atoms with Crippen molar-refractivity contribution in [1.82, 2.24) is 4.90 Å². The number of hydrogen-bond acceptors (Lipinski definition) is 8. The van der Waals surface area contributed by atoms with Crippen molar-refractivity contribution >= 4 is 40.3 Å². The molecule has 0 unspecified atom stereocenters. The van der Waals surface area contributed by atoms with Gasteiger partial charge in [-0.15, -0.1) is 0 Å². The van der Waals surface area contributed by atoms with E-state index >= 15 is 0 Å². The maximum atomic E-state index is 12.7. The van der Waals surface area contributed by atoms with E-state index in [4.69, 9.17) is 0 Å². The number of hydrogen-bond donors (Lipinski definition) is 1. The summed E-state index contributed by atoms with van der Waals surface area (Å²) >= 11 is 1.05. The van der Waals surface area contributed by atoms with E-state index in [2.05, 4.69) is 4.99 Å². The zero-order chi connectivity index (χ0) is 20.5. The number of amides is 1. The fourth-order valence-electron chi connectivity index (χ4n) is 2.37. The highest BCUT2D eigenvalue weighted by Crippen LogP contribution is 2.39. The number of thioether (sulfide) groups is 1. The first-order valence-corrected chi connectivity index (χ1v) is 8.81. The van der Waals surface area contributed by atoms with Crippen LogP contribution in [0.4, 0.5) is 11.4 Å². The lowest BCUT2D eigenvalue weighted by Gasteiger charge is -2.20. The van der Waals surface area contributed by atoms with Crippen LogP contribution < -0.4 is 0 Å². The molecule has 2 rings (SSSR count). The molecule has 1 aromatic carbocycles. The quantitative estimate of drug-likeness (QED) is 0.459. The second-order valence-electron chi connectivity index (χ2n) is 6.30. The molecule has 11 heteroatoms. The summed E-state index contributed by atoms with van der Waals surface area (Å²) in [5, 5.41) is 32.7. The van der Waals surface area contributed by atoms with Gasteiger partial charge in [-0.1, -0.05) is 0 Å². The molecule has 1 fully saturated rings. The molecule has 10 nitrogen and oxygen atoms in total. The lowest BCUT2D eigenvalue weighted by Crippen LogP contribution is -2.35. The number of aliphatic imine (C=N–C) groups is 1. The van der Waals surface area contributed by atoms with Crippen molar-refractivity contribution in [3.8, 4) is 5.75 Å². The highest BCUT2D eigenvalue weighted by Gasteiger charge is 2.36. The number of nitrogens with zero attached hydrogens (tertiary/aromatic N) is 4. The molecule has 0 spiro atoms. The fraction of sp³-hybridized carbons (Fsp3) is 0.375. The van der Waals surface area contributed by atoms with Gasteiger partial charge in [0.05, 0.1) is 20.8 Å². The standard InChI is InChI=1S/C16H18N4O6S/c1-8(2)17-16-18(9(3)4)15(22)13(27-16)6-10-5-11(19(23)24)7-12(14(10)21)20(25)26/h5-9,21H,1-4H3/b13-6+,17-16?. The lowest BCUT2D eigenvalue weighted by molar-refractivity contribution is -0.394. The predicted octanol–water partition coefficient (Wildman–Crippen LogP) is 3.30. The molecular weight excluding hydrogens is 376 g/mol. The molecule has 0 bridgehead atoms. The van der Waals surface area contributed by atoms with Gasteiger partial charge in [-0.05, 0) is 45.5 Å². The van der Waals surface area contributed by atoms with Crippen LogP contribution in [0.15, 0.2) is 22.0 Å². The van der Waals surface area contributed by atoms with Gasteiger partial charge in [-0.2, -0.15) is 0 Å². The molecule has 1 heterocycles. The van der Waals surface area contributed by atoms with Gasteiger partial charge in [0, 0.05) is 23.7 Å². The van der Waals surface area contributed by atoms with E-state index < -0.39 is 27.0 Å². The molecule has 1 amide bonds. The van der Waals surface area contributed by atoms with Crippen LogP contribution in [0.1, 0.15) is 33.3 Å². The highest BCUT2D eigenvalue weighted by molar-refractivity contribution is 8.18. The molecule has 0 atom stereocenters. The van der Waals surface area contributed by atoms with Gasteiger partial charge in [0.15, 0.2) is 5.17 Å². The number of aromatic hydroxyl groups is 1. The zero-order valence-corrected chi connectivity index (χ0v) is 15.9. The van der Waals surface area contributed by atoms with E-state index in [1.165, 1.54) is 11.0 Å². The molecular formula is C16H18N4O6S. The molecule has 0 aromatic heterocycles. The van der Waals surface area contributed by atoms with Crippen LogP contribution in [0, 0.1) is 20.2 Å². The SMILES string of the molecule is CC(C)N=C1S/C(=C/c2cc([N+](=O)[O-])cc([N+](=O)[O-])c2O)C(=O)N1C(C)C. The third-order valence-corrected chi connectivity index (χ3v) is 4.52. The molecule has 1 N–H and O–H groups in total. The Kier molecular flexibility index (Phi) is 5.84. The molecule has 1 aliphatic rings. The van der Waals surface area contributed by atoms with Crippen molar-refractivity contribution in [1.29, 1.82) is 0 Å². The second-order valence-corrected chi connectivity index (χ2v) is 7.31. The Balaban J connectivity index is 2.60. The highest BCUT2D eigenvalue weighted by atomic mass is 32.2. The summed E-state index contributed by atoms with van der Waals surface area (Å²) in [5.41, 5.74) is -1.54. The van der Waals surface area contributed by atoms with Crippen LogP contribution in [0.25, 0.3) is 6.08 Å². The minimum atomic E-state index is -0.917. The number of carbonyl (C=O) groups is 1. The topological polar surface area (TPSA) is 139 Å². The van der Waals surface area contributed by atoms with Crippen molar-refractivity contribution in [2.24, 2.45) is 4.99 Å². The number of rotatable bonds is 5. The lowest BCUT2D eigenvalue weighted by atomic mass is 10.1. The first-order chi connectivity index (χ1) is 12.5. The molecule has 1 saturated heterocycles. The molecule has 0 saturated carbocycles. The van der Waals surface area contributed by atoms with Crippen LogP contribution in [0.5, 0.6) is 5.75 Å². The third kappa shape index (κ3) is 4.25. The Hall–Kier alpha value is -2.95. The van der Waals surface area contributed by atoms with Gasteiger partial charge in [0.1, 0.15) is 0 Å². The summed E-state index contributed by atoms with van der Waals surface area (Å²) in [6.07, 6.45) is 1.21. The van der Waals surface area contributed by atoms with Crippen LogP contribution >= 0.6 is 11.8 Å². The molecule has 1 aliphatic heterocycles. The number of amidine groups is 1. The summed E-state index contributed by atoms with van der Waals surface area (Å²) in [7, 11) is 0. The van der Waals surface area contributed by atoms with Crippen LogP contribution in [0.3, 0.4) is 0 Å². The number of carbonyl (C=O) groups excluding carboxylic acids is 1. The minimum Gasteiger partial charge on any atom is -0.502 e. The Morgan fingerprint density at radius 2 is 1.81 bits per heavy atom. The summed E-state index contributed by atoms with van der Waals surface area (Å²) in [5.74, 6) is -1.13. The minimum absolute atomic E-state index is 0.0618. The first-order valence-electron chi connectivity index (χ1n) is 7.99. The maximum Gasteiger partial charge on any atom is 0.318 e. The van der Waals surface area contributed by atoms with Crippen molar-refractivity contribution in [2.75, 3.05) is 0 Å². The summed E-state index contributed by atoms with van der Waals surface area (Å²) in [4.78, 5) is 39.1. The normalized spacial score (nSPS) is 17.6. The zero-order valence-electron chi connectivity index (χ0n) is 15.1. The van der Waals surface area contributed by atoms with Crippen molar-refractivity contribution < 1.29 is 19.7 Å². The number of nitro groups is 2. The van der Waals surface area contributed by atoms with Gasteiger partial charge in [-0.25, -0.2) is 0 Å². The van der Waals surface area contributed by atoms with E-state index in [0.717, 1.165) is 17.8 Å². The number of phenols is 1. The molecule has 144 valence electrons. The monoisotopic (exact) mass is 394 g/mol. The largest absolute Gasteiger partial charge is 0.502 e. The number of benzene rings is 1. The smallest absolute Gasteiger partial charge is 0.318 e. The van der Waals surface area contributed by atoms with Crippen molar-refractivity contribution in [3.05, 3.63) is 42.8 Å². The van der Waals surface area contributed by atoms with Crippen LogP contribution in [-0.4, -0.2) is 43.0 Å². The first kappa shape index (κ1) is 20.4. The maximum absolute atomic E-state index is 12.7. The van der Waals surface area contributed by atoms with Gasteiger partial charge < -0.3 is 5.11 Å². The van der Waals surface area contributed by atoms with E-state index in [1.54, 1.807) is 0 Å². The molecule has 27 heavy (non-hydrogen) atoms. The van der Waals surface area contributed by atoms with Crippen molar-refractivity contribution in [3.63, 3.8) is 0 Å². The van der Waals surface area contributed by atoms with E-state index in [1.807, 2.05) is 27.7 Å². The second kappa shape index (κ2) is 7.74. The summed E-state index contributed by atoms with van der Waals surface area (Å²) in [6, 6.07) is 1.42. The van der Waals surface area contributed by atoms with Gasteiger partial charge in [-0.3, -0.25) is 34.9 Å². The third-order valence-electron chi connectivity index (χ3n) is 3.52. The van der Waals surface area contributed by atoms with E-state index in [-0.39, 0.29) is 28.5 Å². The molecule has 0 radical (unpaired) electrons. The predicted molar refractivity (Wildman–Crippen MR) is 102 cm³/mol. The number of phenolic OH excluding ortho intramolecular Hbond substituents is 1. The average molecular weight is 394 g/mol. The fourth-order valence-corrected chi connectivity index (χ4v) is 3.60. The van der Waals surface area contributed by atoms with Crippen molar-refractivity contribution in [2.45, 2.75) is 39.8 Å². The Morgan fingerprint density at radius 1 is 1.19 bits per heavy atom. The Bertz CT molecular complexity index is 878. The molecule has 0 aliphatic carbocycles. The van der Waals surface area contributed by atoms with E-state index in [0.29, 0.717) is 11.2 Å². The average Bonchev–Trinajstić information content (AvgIpc) is 2.83.